The van der Waals surface area contributed by atoms with E-state index in [0.29, 0.717) is 17.9 Å². The molecular formula is C18H21NO5. The van der Waals surface area contributed by atoms with E-state index in [-0.39, 0.29) is 17.3 Å². The van der Waals surface area contributed by atoms with Crippen molar-refractivity contribution in [2.24, 2.45) is 5.16 Å². The zero-order chi connectivity index (χ0) is 17.4. The zero-order valence-electron chi connectivity index (χ0n) is 13.9. The second-order valence-corrected chi connectivity index (χ2v) is 5.40. The molecule has 0 aliphatic carbocycles. The Morgan fingerprint density at radius 2 is 1.96 bits per heavy atom. The van der Waals surface area contributed by atoms with Crippen molar-refractivity contribution >= 4 is 17.5 Å². The van der Waals surface area contributed by atoms with Gasteiger partial charge in [-0.05, 0) is 37.1 Å². The third-order valence-corrected chi connectivity index (χ3v) is 3.41. The number of rotatable bonds is 9. The number of furan rings is 2. The van der Waals surface area contributed by atoms with Crippen molar-refractivity contribution in [3.8, 4) is 11.5 Å². The SMILES string of the molecule is CCCCCC/C(=N\OC(C)=O)C(=O)c1ccc(-c2ccco2)o1. The Kier molecular flexibility index (Phi) is 6.54. The molecular weight excluding hydrogens is 310 g/mol. The van der Waals surface area contributed by atoms with Crippen molar-refractivity contribution < 1.29 is 23.3 Å². The third kappa shape index (κ3) is 4.94. The summed E-state index contributed by atoms with van der Waals surface area (Å²) in [6.45, 7) is 3.35. The van der Waals surface area contributed by atoms with Crippen molar-refractivity contribution in [3.05, 3.63) is 36.3 Å². The Morgan fingerprint density at radius 1 is 1.12 bits per heavy atom. The fraction of sp³-hybridized carbons (Fsp3) is 0.389. The summed E-state index contributed by atoms with van der Waals surface area (Å²) in [6, 6.07) is 6.70. The molecule has 0 atom stereocenters. The summed E-state index contributed by atoms with van der Waals surface area (Å²) >= 11 is 0. The highest BCUT2D eigenvalue weighted by molar-refractivity contribution is 6.45. The van der Waals surface area contributed by atoms with Gasteiger partial charge in [-0.1, -0.05) is 31.3 Å². The molecule has 0 aliphatic rings. The summed E-state index contributed by atoms with van der Waals surface area (Å²) in [5.74, 6) is 0.189. The molecule has 2 heterocycles. The zero-order valence-corrected chi connectivity index (χ0v) is 13.9. The summed E-state index contributed by atoms with van der Waals surface area (Å²) < 4.78 is 10.8. The van der Waals surface area contributed by atoms with Gasteiger partial charge < -0.3 is 13.7 Å². The molecule has 0 amide bonds. The Balaban J connectivity index is 2.11. The van der Waals surface area contributed by atoms with Crippen molar-refractivity contribution in [1.29, 1.82) is 0 Å². The smallest absolute Gasteiger partial charge is 0.331 e. The van der Waals surface area contributed by atoms with Crippen LogP contribution in [0, 0.1) is 0 Å². The highest BCUT2D eigenvalue weighted by Crippen LogP contribution is 2.23. The number of hydrogen-bond acceptors (Lipinski definition) is 6. The molecule has 0 fully saturated rings. The first-order chi connectivity index (χ1) is 11.6. The molecule has 0 spiro atoms. The van der Waals surface area contributed by atoms with Gasteiger partial charge in [-0.3, -0.25) is 4.79 Å². The summed E-state index contributed by atoms with van der Waals surface area (Å²) in [5.41, 5.74) is 0.182. The van der Waals surface area contributed by atoms with Crippen LogP contribution in [-0.4, -0.2) is 17.5 Å². The summed E-state index contributed by atoms with van der Waals surface area (Å²) in [6.07, 6.45) is 5.92. The van der Waals surface area contributed by atoms with Crippen LogP contribution >= 0.6 is 0 Å². The average molecular weight is 331 g/mol. The van der Waals surface area contributed by atoms with Gasteiger partial charge in [0.1, 0.15) is 5.71 Å². The molecule has 0 aromatic carbocycles. The van der Waals surface area contributed by atoms with E-state index in [2.05, 4.69) is 16.9 Å². The Labute approximate surface area is 140 Å². The summed E-state index contributed by atoms with van der Waals surface area (Å²) in [4.78, 5) is 28.2. The van der Waals surface area contributed by atoms with Crippen LogP contribution in [0.1, 0.15) is 56.5 Å². The molecule has 0 N–H and O–H groups in total. The average Bonchev–Trinajstić information content (AvgIpc) is 3.24. The lowest BCUT2D eigenvalue weighted by Crippen LogP contribution is -2.15. The van der Waals surface area contributed by atoms with Crippen LogP contribution < -0.4 is 0 Å². The second-order valence-electron chi connectivity index (χ2n) is 5.40. The molecule has 0 bridgehead atoms. The minimum atomic E-state index is -0.565. The van der Waals surface area contributed by atoms with Crippen LogP contribution in [0.25, 0.3) is 11.5 Å². The first-order valence-corrected chi connectivity index (χ1v) is 8.04. The Morgan fingerprint density at radius 3 is 2.62 bits per heavy atom. The third-order valence-electron chi connectivity index (χ3n) is 3.41. The van der Waals surface area contributed by atoms with E-state index in [1.54, 1.807) is 24.3 Å². The van der Waals surface area contributed by atoms with Gasteiger partial charge in [-0.15, -0.1) is 0 Å². The topological polar surface area (TPSA) is 82.0 Å². The van der Waals surface area contributed by atoms with Crippen LogP contribution in [0.2, 0.25) is 0 Å². The van der Waals surface area contributed by atoms with Gasteiger partial charge in [0, 0.05) is 6.92 Å². The largest absolute Gasteiger partial charge is 0.461 e. The highest BCUT2D eigenvalue weighted by atomic mass is 16.7. The van der Waals surface area contributed by atoms with E-state index in [1.807, 2.05) is 0 Å². The van der Waals surface area contributed by atoms with E-state index in [0.717, 1.165) is 25.7 Å². The van der Waals surface area contributed by atoms with Gasteiger partial charge in [0.05, 0.1) is 6.26 Å². The summed E-state index contributed by atoms with van der Waals surface area (Å²) in [5, 5.41) is 3.70. The lowest BCUT2D eigenvalue weighted by atomic mass is 10.1. The van der Waals surface area contributed by atoms with Gasteiger partial charge in [-0.25, -0.2) is 4.79 Å². The molecule has 0 unspecified atom stereocenters. The van der Waals surface area contributed by atoms with Crippen LogP contribution in [0.15, 0.2) is 44.5 Å². The molecule has 128 valence electrons. The van der Waals surface area contributed by atoms with Crippen LogP contribution in [0.4, 0.5) is 0 Å². The minimum absolute atomic E-state index is 0.141. The Hall–Kier alpha value is -2.63. The van der Waals surface area contributed by atoms with Gasteiger partial charge in [0.25, 0.3) is 0 Å². The fourth-order valence-corrected chi connectivity index (χ4v) is 2.19. The van der Waals surface area contributed by atoms with Crippen LogP contribution in [0.5, 0.6) is 0 Å². The molecule has 2 aromatic rings. The van der Waals surface area contributed by atoms with E-state index in [1.165, 1.54) is 13.2 Å². The number of hydrogen-bond donors (Lipinski definition) is 0. The maximum atomic E-state index is 12.6. The number of carbonyl (C=O) groups excluding carboxylic acids is 2. The molecule has 6 heteroatoms. The second kappa shape index (κ2) is 8.86. The van der Waals surface area contributed by atoms with Crippen molar-refractivity contribution in [2.45, 2.75) is 46.0 Å². The normalized spacial score (nSPS) is 11.5. The van der Waals surface area contributed by atoms with Gasteiger partial charge in [0.15, 0.2) is 17.3 Å². The molecule has 2 aromatic heterocycles. The number of unbranched alkanes of at least 4 members (excludes halogenated alkanes) is 3. The standard InChI is InChI=1S/C18H21NO5/c1-3-4-5-6-8-14(19-24-13(2)20)18(21)17-11-10-16(23-17)15-9-7-12-22-15/h7,9-12H,3-6,8H2,1-2H3/b19-14+. The molecule has 2 rings (SSSR count). The first kappa shape index (κ1) is 17.7. The first-order valence-electron chi connectivity index (χ1n) is 8.04. The molecule has 0 radical (unpaired) electrons. The Bertz CT molecular complexity index is 697. The van der Waals surface area contributed by atoms with Gasteiger partial charge in [0.2, 0.25) is 5.78 Å². The number of carbonyl (C=O) groups is 2. The molecule has 6 nitrogen and oxygen atoms in total. The minimum Gasteiger partial charge on any atom is -0.461 e. The van der Waals surface area contributed by atoms with E-state index < -0.39 is 5.97 Å². The van der Waals surface area contributed by atoms with E-state index in [9.17, 15) is 9.59 Å². The van der Waals surface area contributed by atoms with Crippen LogP contribution in [-0.2, 0) is 9.63 Å². The van der Waals surface area contributed by atoms with Crippen molar-refractivity contribution in [2.75, 3.05) is 0 Å². The van der Waals surface area contributed by atoms with Gasteiger partial charge >= 0.3 is 5.97 Å². The quantitative estimate of drug-likeness (QED) is 0.220. The van der Waals surface area contributed by atoms with E-state index >= 15 is 0 Å². The molecule has 0 aliphatic heterocycles. The molecule has 0 saturated heterocycles. The van der Waals surface area contributed by atoms with Gasteiger partial charge in [-0.2, -0.15) is 0 Å². The number of oxime groups is 1. The maximum absolute atomic E-state index is 12.6. The predicted octanol–water partition coefficient (Wildman–Crippen LogP) is 4.61. The summed E-state index contributed by atoms with van der Waals surface area (Å²) in [7, 11) is 0. The highest BCUT2D eigenvalue weighted by Gasteiger charge is 2.20. The molecule has 24 heavy (non-hydrogen) atoms. The number of ketones is 1. The lowest BCUT2D eigenvalue weighted by Gasteiger charge is -2.03. The number of nitrogens with zero attached hydrogens (tertiary/aromatic N) is 1. The monoisotopic (exact) mass is 331 g/mol. The predicted molar refractivity (Wildman–Crippen MR) is 88.7 cm³/mol. The van der Waals surface area contributed by atoms with Crippen molar-refractivity contribution in [3.63, 3.8) is 0 Å². The molecule has 0 saturated carbocycles. The van der Waals surface area contributed by atoms with Crippen molar-refractivity contribution in [1.82, 2.24) is 0 Å². The maximum Gasteiger partial charge on any atom is 0.331 e. The lowest BCUT2D eigenvalue weighted by molar-refractivity contribution is -0.140. The van der Waals surface area contributed by atoms with E-state index in [4.69, 9.17) is 8.83 Å². The van der Waals surface area contributed by atoms with Crippen LogP contribution in [0.3, 0.4) is 0 Å². The number of Topliss-reactive ketones (excluding diaryl/α,β-unsaturated/α-hetero) is 1. The fourth-order valence-electron chi connectivity index (χ4n) is 2.19.